The van der Waals surface area contributed by atoms with Crippen LogP contribution >= 0.6 is 0 Å². The summed E-state index contributed by atoms with van der Waals surface area (Å²) in [4.78, 5) is 4.97. The Morgan fingerprint density at radius 2 is 2.43 bits per heavy atom. The van der Waals surface area contributed by atoms with Gasteiger partial charge in [0, 0.05) is 11.3 Å². The van der Waals surface area contributed by atoms with Crippen LogP contribution in [0.2, 0.25) is 0 Å². The minimum Gasteiger partial charge on any atom is -0.399 e. The quantitative estimate of drug-likeness (QED) is 0.260. The SMILES string of the molecule is C=CCON=C(C)c1cccc(N)c1. The largest absolute Gasteiger partial charge is 0.399 e. The molecule has 0 heterocycles. The van der Waals surface area contributed by atoms with Crippen molar-refractivity contribution in [3.05, 3.63) is 42.5 Å². The smallest absolute Gasteiger partial charge is 0.135 e. The first-order valence-electron chi connectivity index (χ1n) is 4.37. The van der Waals surface area contributed by atoms with Crippen molar-refractivity contribution in [3.63, 3.8) is 0 Å². The van der Waals surface area contributed by atoms with Crippen molar-refractivity contribution in [1.82, 2.24) is 0 Å². The molecule has 0 fully saturated rings. The highest BCUT2D eigenvalue weighted by Gasteiger charge is 1.97. The molecule has 0 saturated carbocycles. The zero-order valence-corrected chi connectivity index (χ0v) is 8.23. The Morgan fingerprint density at radius 1 is 1.64 bits per heavy atom. The highest BCUT2D eigenvalue weighted by Crippen LogP contribution is 2.07. The first-order valence-corrected chi connectivity index (χ1v) is 4.37. The Labute approximate surface area is 83.9 Å². The van der Waals surface area contributed by atoms with E-state index in [2.05, 4.69) is 11.7 Å². The van der Waals surface area contributed by atoms with Crippen molar-refractivity contribution < 1.29 is 4.84 Å². The molecule has 0 amide bonds. The minimum absolute atomic E-state index is 0.416. The molecule has 2 N–H and O–H groups in total. The van der Waals surface area contributed by atoms with Crippen LogP contribution in [0.15, 0.2) is 42.1 Å². The summed E-state index contributed by atoms with van der Waals surface area (Å²) in [6.45, 7) is 5.82. The molecule has 0 aliphatic carbocycles. The Balaban J connectivity index is 2.73. The van der Waals surface area contributed by atoms with Crippen molar-refractivity contribution >= 4 is 11.4 Å². The molecule has 14 heavy (non-hydrogen) atoms. The molecule has 3 nitrogen and oxygen atoms in total. The number of oxime groups is 1. The van der Waals surface area contributed by atoms with E-state index in [1.807, 2.05) is 31.2 Å². The standard InChI is InChI=1S/C11H14N2O/c1-3-7-14-13-9(2)10-5-4-6-11(12)8-10/h3-6,8H,1,7,12H2,2H3. The molecule has 0 bridgehead atoms. The van der Waals surface area contributed by atoms with Crippen LogP contribution in [0.5, 0.6) is 0 Å². The van der Waals surface area contributed by atoms with E-state index in [-0.39, 0.29) is 0 Å². The fourth-order valence-corrected chi connectivity index (χ4v) is 1.00. The maximum absolute atomic E-state index is 5.64. The van der Waals surface area contributed by atoms with Gasteiger partial charge in [-0.1, -0.05) is 29.9 Å². The van der Waals surface area contributed by atoms with Gasteiger partial charge in [-0.3, -0.25) is 0 Å². The highest BCUT2D eigenvalue weighted by atomic mass is 16.6. The fraction of sp³-hybridized carbons (Fsp3) is 0.182. The monoisotopic (exact) mass is 190 g/mol. The predicted octanol–water partition coefficient (Wildman–Crippen LogP) is 2.20. The van der Waals surface area contributed by atoms with Crippen molar-refractivity contribution in [3.8, 4) is 0 Å². The lowest BCUT2D eigenvalue weighted by Crippen LogP contribution is -1.97. The normalized spacial score (nSPS) is 11.1. The summed E-state index contributed by atoms with van der Waals surface area (Å²) < 4.78 is 0. The maximum Gasteiger partial charge on any atom is 0.135 e. The van der Waals surface area contributed by atoms with Crippen LogP contribution in [-0.2, 0) is 4.84 Å². The first-order chi connectivity index (χ1) is 6.74. The average molecular weight is 190 g/mol. The van der Waals surface area contributed by atoms with E-state index in [0.717, 1.165) is 17.0 Å². The maximum atomic E-state index is 5.64. The Morgan fingerprint density at radius 3 is 3.07 bits per heavy atom. The number of anilines is 1. The second kappa shape index (κ2) is 5.07. The van der Waals surface area contributed by atoms with Crippen molar-refractivity contribution in [1.29, 1.82) is 0 Å². The molecule has 0 radical (unpaired) electrons. The van der Waals surface area contributed by atoms with Gasteiger partial charge in [-0.2, -0.15) is 0 Å². The van der Waals surface area contributed by atoms with Crippen molar-refractivity contribution in [2.75, 3.05) is 12.3 Å². The van der Waals surface area contributed by atoms with E-state index in [1.165, 1.54) is 0 Å². The lowest BCUT2D eigenvalue weighted by molar-refractivity contribution is 0.175. The molecule has 74 valence electrons. The third-order valence-electron chi connectivity index (χ3n) is 1.70. The van der Waals surface area contributed by atoms with Gasteiger partial charge in [0.05, 0.1) is 5.71 Å². The summed E-state index contributed by atoms with van der Waals surface area (Å²) in [7, 11) is 0. The fourth-order valence-electron chi connectivity index (χ4n) is 1.00. The van der Waals surface area contributed by atoms with E-state index < -0.39 is 0 Å². The molecule has 0 atom stereocenters. The van der Waals surface area contributed by atoms with E-state index in [1.54, 1.807) is 6.08 Å². The number of hydrogen-bond donors (Lipinski definition) is 1. The van der Waals surface area contributed by atoms with Gasteiger partial charge in [-0.15, -0.1) is 0 Å². The minimum atomic E-state index is 0.416. The Hall–Kier alpha value is -1.77. The molecule has 0 aliphatic heterocycles. The topological polar surface area (TPSA) is 47.6 Å². The van der Waals surface area contributed by atoms with Gasteiger partial charge in [0.25, 0.3) is 0 Å². The van der Waals surface area contributed by atoms with Gasteiger partial charge >= 0.3 is 0 Å². The Bertz CT molecular complexity index is 345. The second-order valence-electron chi connectivity index (χ2n) is 2.89. The molecule has 1 rings (SSSR count). The van der Waals surface area contributed by atoms with E-state index in [0.29, 0.717) is 6.61 Å². The molecule has 3 heteroatoms. The van der Waals surface area contributed by atoms with Crippen molar-refractivity contribution in [2.45, 2.75) is 6.92 Å². The van der Waals surface area contributed by atoms with Crippen LogP contribution in [-0.4, -0.2) is 12.3 Å². The third-order valence-corrected chi connectivity index (χ3v) is 1.70. The van der Waals surface area contributed by atoms with Crippen molar-refractivity contribution in [2.24, 2.45) is 5.16 Å². The summed E-state index contributed by atoms with van der Waals surface area (Å²) in [6.07, 6.45) is 1.65. The lowest BCUT2D eigenvalue weighted by atomic mass is 10.1. The molecule has 0 aromatic heterocycles. The summed E-state index contributed by atoms with van der Waals surface area (Å²) in [5, 5.41) is 3.92. The van der Waals surface area contributed by atoms with Gasteiger partial charge < -0.3 is 10.6 Å². The number of nitrogen functional groups attached to an aromatic ring is 1. The van der Waals surface area contributed by atoms with Crippen LogP contribution in [0, 0.1) is 0 Å². The number of nitrogens with two attached hydrogens (primary N) is 1. The van der Waals surface area contributed by atoms with E-state index in [9.17, 15) is 0 Å². The van der Waals surface area contributed by atoms with Gasteiger partial charge in [0.1, 0.15) is 6.61 Å². The van der Waals surface area contributed by atoms with Crippen LogP contribution in [0.3, 0.4) is 0 Å². The summed E-state index contributed by atoms with van der Waals surface area (Å²) in [5.41, 5.74) is 8.13. The van der Waals surface area contributed by atoms with E-state index in [4.69, 9.17) is 10.6 Å². The molecule has 0 spiro atoms. The van der Waals surface area contributed by atoms with E-state index >= 15 is 0 Å². The predicted molar refractivity (Wildman–Crippen MR) is 59.2 cm³/mol. The number of nitrogens with zero attached hydrogens (tertiary/aromatic N) is 1. The average Bonchev–Trinajstić information content (AvgIpc) is 2.18. The number of hydrogen-bond acceptors (Lipinski definition) is 3. The molecule has 1 aromatic rings. The number of rotatable bonds is 4. The molecule has 0 aliphatic rings. The van der Waals surface area contributed by atoms with Gasteiger partial charge in [0.15, 0.2) is 0 Å². The zero-order valence-electron chi connectivity index (χ0n) is 8.23. The van der Waals surface area contributed by atoms with Gasteiger partial charge in [-0.05, 0) is 19.1 Å². The molecular formula is C11H14N2O. The molecule has 0 unspecified atom stereocenters. The summed E-state index contributed by atoms with van der Waals surface area (Å²) in [5.74, 6) is 0. The summed E-state index contributed by atoms with van der Waals surface area (Å²) >= 11 is 0. The van der Waals surface area contributed by atoms with Crippen LogP contribution in [0.4, 0.5) is 5.69 Å². The van der Waals surface area contributed by atoms with Gasteiger partial charge in [-0.25, -0.2) is 0 Å². The lowest BCUT2D eigenvalue weighted by Gasteiger charge is -2.01. The molecular weight excluding hydrogens is 176 g/mol. The molecule has 0 saturated heterocycles. The molecule has 1 aromatic carbocycles. The Kier molecular flexibility index (Phi) is 3.73. The van der Waals surface area contributed by atoms with Crippen LogP contribution in [0.25, 0.3) is 0 Å². The van der Waals surface area contributed by atoms with Crippen LogP contribution in [0.1, 0.15) is 12.5 Å². The number of benzene rings is 1. The highest BCUT2D eigenvalue weighted by molar-refractivity contribution is 5.98. The van der Waals surface area contributed by atoms with Gasteiger partial charge in [0.2, 0.25) is 0 Å². The second-order valence-corrected chi connectivity index (χ2v) is 2.89. The first kappa shape index (κ1) is 10.3. The zero-order chi connectivity index (χ0) is 10.4. The third kappa shape index (κ3) is 2.94. The van der Waals surface area contributed by atoms with Crippen LogP contribution < -0.4 is 5.73 Å². The summed E-state index contributed by atoms with van der Waals surface area (Å²) in [6, 6.07) is 7.52.